The van der Waals surface area contributed by atoms with Gasteiger partial charge in [-0.1, -0.05) is 5.16 Å². The third-order valence-corrected chi connectivity index (χ3v) is 2.80. The number of pyridine rings is 1. The molecule has 0 atom stereocenters. The Morgan fingerprint density at radius 3 is 2.65 bits per heavy atom. The molecule has 0 N–H and O–H groups in total. The molecule has 3 rings (SSSR count). The summed E-state index contributed by atoms with van der Waals surface area (Å²) >= 11 is 3.34. The van der Waals surface area contributed by atoms with Crippen molar-refractivity contribution in [2.24, 2.45) is 0 Å². The van der Waals surface area contributed by atoms with Crippen molar-refractivity contribution in [2.45, 2.75) is 0 Å². The van der Waals surface area contributed by atoms with E-state index < -0.39 is 0 Å². The molecule has 0 unspecified atom stereocenters. The topological polar surface area (TPSA) is 65.0 Å². The summed E-state index contributed by atoms with van der Waals surface area (Å²) < 4.78 is 11.2. The molecule has 0 saturated heterocycles. The molecular weight excluding hydrogens is 286 g/mol. The van der Waals surface area contributed by atoms with E-state index in [1.165, 1.54) is 0 Å². The van der Waals surface area contributed by atoms with E-state index in [0.29, 0.717) is 17.5 Å². The zero-order valence-corrected chi connectivity index (χ0v) is 10.1. The first-order valence-corrected chi connectivity index (χ1v) is 5.61. The Kier molecular flexibility index (Phi) is 2.49. The molecule has 5 nitrogen and oxygen atoms in total. The van der Waals surface area contributed by atoms with Gasteiger partial charge in [-0.2, -0.15) is 4.98 Å². The second kappa shape index (κ2) is 4.14. The minimum Gasteiger partial charge on any atom is -0.458 e. The normalized spacial score (nSPS) is 10.6. The molecule has 0 aliphatic carbocycles. The number of hydrogen-bond donors (Lipinski definition) is 0. The van der Waals surface area contributed by atoms with Crippen molar-refractivity contribution in [3.63, 3.8) is 0 Å². The minimum absolute atomic E-state index is 0.341. The summed E-state index contributed by atoms with van der Waals surface area (Å²) in [4.78, 5) is 8.18. The van der Waals surface area contributed by atoms with Gasteiger partial charge < -0.3 is 8.94 Å². The van der Waals surface area contributed by atoms with Crippen LogP contribution < -0.4 is 0 Å². The largest absolute Gasteiger partial charge is 0.458 e. The number of hydrogen-bond acceptors (Lipinski definition) is 5. The number of halogens is 1. The second-order valence-electron chi connectivity index (χ2n) is 3.26. The standard InChI is InChI=1S/C11H6BrN3O2/c12-8-3-6-16-9(8)11-14-10(15-17-11)7-1-4-13-5-2-7/h1-6H. The van der Waals surface area contributed by atoms with Crippen molar-refractivity contribution in [1.29, 1.82) is 0 Å². The van der Waals surface area contributed by atoms with Crippen LogP contribution in [0.2, 0.25) is 0 Å². The average Bonchev–Trinajstić information content (AvgIpc) is 2.98. The molecule has 0 saturated carbocycles. The van der Waals surface area contributed by atoms with E-state index in [1.54, 1.807) is 24.7 Å². The van der Waals surface area contributed by atoms with Crippen LogP contribution in [-0.2, 0) is 0 Å². The summed E-state index contributed by atoms with van der Waals surface area (Å²) in [6.07, 6.45) is 4.90. The molecule has 6 heteroatoms. The fraction of sp³-hybridized carbons (Fsp3) is 0. The van der Waals surface area contributed by atoms with Crippen LogP contribution in [0.3, 0.4) is 0 Å². The van der Waals surface area contributed by atoms with Gasteiger partial charge >= 0.3 is 0 Å². The highest BCUT2D eigenvalue weighted by Crippen LogP contribution is 2.29. The van der Waals surface area contributed by atoms with Crippen LogP contribution in [0.5, 0.6) is 0 Å². The van der Waals surface area contributed by atoms with Crippen LogP contribution in [0.4, 0.5) is 0 Å². The third kappa shape index (κ3) is 1.87. The zero-order valence-electron chi connectivity index (χ0n) is 8.50. The van der Waals surface area contributed by atoms with Gasteiger partial charge in [-0.25, -0.2) is 0 Å². The molecule has 17 heavy (non-hydrogen) atoms. The molecule has 0 aliphatic rings. The first-order chi connectivity index (χ1) is 8.34. The van der Waals surface area contributed by atoms with Crippen molar-refractivity contribution >= 4 is 15.9 Å². The molecule has 3 heterocycles. The predicted molar refractivity (Wildman–Crippen MR) is 62.9 cm³/mol. The number of nitrogens with zero attached hydrogens (tertiary/aromatic N) is 3. The molecule has 3 aromatic rings. The Bertz CT molecular complexity index is 633. The molecule has 0 spiro atoms. The van der Waals surface area contributed by atoms with Gasteiger partial charge in [0, 0.05) is 18.0 Å². The maximum Gasteiger partial charge on any atom is 0.295 e. The Morgan fingerprint density at radius 2 is 1.94 bits per heavy atom. The quantitative estimate of drug-likeness (QED) is 0.726. The lowest BCUT2D eigenvalue weighted by Gasteiger charge is -1.90. The highest BCUT2D eigenvalue weighted by Gasteiger charge is 2.15. The fourth-order valence-corrected chi connectivity index (χ4v) is 1.75. The maximum absolute atomic E-state index is 5.24. The van der Waals surface area contributed by atoms with E-state index in [4.69, 9.17) is 8.94 Å². The molecule has 0 radical (unpaired) electrons. The van der Waals surface area contributed by atoms with Crippen LogP contribution >= 0.6 is 15.9 Å². The first kappa shape index (κ1) is 10.2. The van der Waals surface area contributed by atoms with Gasteiger partial charge in [0.1, 0.15) is 0 Å². The van der Waals surface area contributed by atoms with Crippen molar-refractivity contribution in [1.82, 2.24) is 15.1 Å². The van der Waals surface area contributed by atoms with Crippen molar-refractivity contribution < 1.29 is 8.94 Å². The van der Waals surface area contributed by atoms with Crippen molar-refractivity contribution in [2.75, 3.05) is 0 Å². The molecule has 0 fully saturated rings. The van der Waals surface area contributed by atoms with Crippen LogP contribution in [-0.4, -0.2) is 15.1 Å². The van der Waals surface area contributed by atoms with Gasteiger partial charge in [-0.15, -0.1) is 0 Å². The molecule has 0 aliphatic heterocycles. The molecule has 0 aromatic carbocycles. The van der Waals surface area contributed by atoms with E-state index in [2.05, 4.69) is 31.1 Å². The van der Waals surface area contributed by atoms with Gasteiger partial charge in [0.2, 0.25) is 11.6 Å². The van der Waals surface area contributed by atoms with E-state index >= 15 is 0 Å². The molecule has 3 aromatic heterocycles. The third-order valence-electron chi connectivity index (χ3n) is 2.18. The minimum atomic E-state index is 0.341. The monoisotopic (exact) mass is 291 g/mol. The maximum atomic E-state index is 5.24. The van der Waals surface area contributed by atoms with Crippen molar-refractivity contribution in [3.05, 3.63) is 41.3 Å². The first-order valence-electron chi connectivity index (χ1n) is 4.82. The second-order valence-corrected chi connectivity index (χ2v) is 4.11. The number of rotatable bonds is 2. The van der Waals surface area contributed by atoms with Crippen molar-refractivity contribution in [3.8, 4) is 23.0 Å². The van der Waals surface area contributed by atoms with Gasteiger partial charge in [-0.3, -0.25) is 4.98 Å². The lowest BCUT2D eigenvalue weighted by atomic mass is 10.2. The SMILES string of the molecule is Brc1ccoc1-c1nc(-c2ccncc2)no1. The summed E-state index contributed by atoms with van der Waals surface area (Å²) in [5.41, 5.74) is 0.845. The van der Waals surface area contributed by atoms with Gasteiger partial charge in [0.25, 0.3) is 5.89 Å². The van der Waals surface area contributed by atoms with Crippen LogP contribution in [0.15, 0.2) is 50.3 Å². The summed E-state index contributed by atoms with van der Waals surface area (Å²) in [5.74, 6) is 1.37. The Morgan fingerprint density at radius 1 is 1.12 bits per heavy atom. The van der Waals surface area contributed by atoms with E-state index in [9.17, 15) is 0 Å². The highest BCUT2D eigenvalue weighted by molar-refractivity contribution is 9.10. The van der Waals surface area contributed by atoms with E-state index in [-0.39, 0.29) is 0 Å². The van der Waals surface area contributed by atoms with E-state index in [1.807, 2.05) is 12.1 Å². The lowest BCUT2D eigenvalue weighted by molar-refractivity contribution is 0.416. The average molecular weight is 292 g/mol. The summed E-state index contributed by atoms with van der Waals surface area (Å²) in [6, 6.07) is 5.39. The van der Waals surface area contributed by atoms with Crippen LogP contribution in [0, 0.1) is 0 Å². The van der Waals surface area contributed by atoms with Gasteiger partial charge in [0.05, 0.1) is 10.7 Å². The lowest BCUT2D eigenvalue weighted by Crippen LogP contribution is -1.81. The Labute approximate surface area is 105 Å². The van der Waals surface area contributed by atoms with Gasteiger partial charge in [0.15, 0.2) is 0 Å². The van der Waals surface area contributed by atoms with Crippen LogP contribution in [0.25, 0.3) is 23.0 Å². The Hall–Kier alpha value is -1.95. The zero-order chi connectivity index (χ0) is 11.7. The van der Waals surface area contributed by atoms with E-state index in [0.717, 1.165) is 10.0 Å². The molecule has 84 valence electrons. The summed E-state index contributed by atoms with van der Waals surface area (Å²) in [7, 11) is 0. The fourth-order valence-electron chi connectivity index (χ4n) is 1.38. The number of aromatic nitrogens is 3. The summed E-state index contributed by atoms with van der Waals surface area (Å²) in [6.45, 7) is 0. The molecule has 0 bridgehead atoms. The smallest absolute Gasteiger partial charge is 0.295 e. The predicted octanol–water partition coefficient (Wildman–Crippen LogP) is 3.15. The molecule has 0 amide bonds. The van der Waals surface area contributed by atoms with Gasteiger partial charge in [-0.05, 0) is 34.1 Å². The summed E-state index contributed by atoms with van der Waals surface area (Å²) in [5, 5.41) is 3.89. The number of furan rings is 1. The highest BCUT2D eigenvalue weighted by atomic mass is 79.9. The Balaban J connectivity index is 2.02. The molecular formula is C11H6BrN3O2. The van der Waals surface area contributed by atoms with Crippen LogP contribution in [0.1, 0.15) is 0 Å².